The predicted octanol–water partition coefficient (Wildman–Crippen LogP) is 1.67. The molecule has 0 aliphatic heterocycles. The van der Waals surface area contributed by atoms with Crippen LogP contribution in [0.3, 0.4) is 0 Å². The molecule has 0 atom stereocenters. The summed E-state index contributed by atoms with van der Waals surface area (Å²) in [5, 5.41) is 5.94. The summed E-state index contributed by atoms with van der Waals surface area (Å²) >= 11 is 0. The molecule has 100 valence electrons. The van der Waals surface area contributed by atoms with Gasteiger partial charge in [0.2, 0.25) is 0 Å². The number of hydrogen-bond donors (Lipinski definition) is 2. The molecule has 1 amide bonds. The minimum absolute atomic E-state index is 0.144. The summed E-state index contributed by atoms with van der Waals surface area (Å²) in [7, 11) is 0. The molecular formula is C13H21N3O2. The average Bonchev–Trinajstić information content (AvgIpc) is 2.39. The number of carbonyl (C=O) groups excluding carboxylic acids is 1. The third-order valence-electron chi connectivity index (χ3n) is 2.33. The van der Waals surface area contributed by atoms with Crippen LogP contribution in [0.15, 0.2) is 18.3 Å². The quantitative estimate of drug-likeness (QED) is 0.690. The number of amides is 1. The van der Waals surface area contributed by atoms with E-state index in [2.05, 4.69) is 15.6 Å². The fraction of sp³-hybridized carbons (Fsp3) is 0.538. The molecule has 0 bridgehead atoms. The highest BCUT2D eigenvalue weighted by molar-refractivity contribution is 5.92. The van der Waals surface area contributed by atoms with Gasteiger partial charge in [-0.3, -0.25) is 4.79 Å². The summed E-state index contributed by atoms with van der Waals surface area (Å²) < 4.78 is 5.19. The highest BCUT2D eigenvalue weighted by atomic mass is 16.5. The highest BCUT2D eigenvalue weighted by Gasteiger charge is 2.05. The van der Waals surface area contributed by atoms with Crippen molar-refractivity contribution < 1.29 is 9.53 Å². The van der Waals surface area contributed by atoms with E-state index in [4.69, 9.17) is 4.74 Å². The maximum absolute atomic E-state index is 11.7. The molecule has 0 aromatic carbocycles. The second-order valence-corrected chi connectivity index (χ2v) is 3.77. The molecule has 1 aromatic heterocycles. The topological polar surface area (TPSA) is 63.2 Å². The fourth-order valence-electron chi connectivity index (χ4n) is 1.45. The standard InChI is InChI=1S/C13H21N3O2/c1-3-14-11-6-7-12(16-10-11)13(17)15-8-5-9-18-4-2/h6-7,10,14H,3-5,8-9H2,1-2H3,(H,15,17). The van der Waals surface area contributed by atoms with Crippen molar-refractivity contribution in [1.82, 2.24) is 10.3 Å². The molecule has 18 heavy (non-hydrogen) atoms. The predicted molar refractivity (Wildman–Crippen MR) is 71.8 cm³/mol. The van der Waals surface area contributed by atoms with E-state index in [1.165, 1.54) is 0 Å². The van der Waals surface area contributed by atoms with Gasteiger partial charge in [0.15, 0.2) is 0 Å². The second-order valence-electron chi connectivity index (χ2n) is 3.77. The van der Waals surface area contributed by atoms with E-state index in [1.807, 2.05) is 19.9 Å². The minimum atomic E-state index is -0.144. The Morgan fingerprint density at radius 1 is 1.39 bits per heavy atom. The Labute approximate surface area is 108 Å². The molecular weight excluding hydrogens is 230 g/mol. The van der Waals surface area contributed by atoms with Crippen molar-refractivity contribution in [3.05, 3.63) is 24.0 Å². The number of nitrogens with one attached hydrogen (secondary N) is 2. The molecule has 0 saturated heterocycles. The molecule has 1 aromatic rings. The first-order valence-corrected chi connectivity index (χ1v) is 6.33. The van der Waals surface area contributed by atoms with Gasteiger partial charge in [-0.2, -0.15) is 0 Å². The lowest BCUT2D eigenvalue weighted by atomic mass is 10.3. The zero-order valence-corrected chi connectivity index (χ0v) is 11.0. The van der Waals surface area contributed by atoms with Gasteiger partial charge in [-0.1, -0.05) is 0 Å². The summed E-state index contributed by atoms with van der Waals surface area (Å²) in [5.74, 6) is -0.144. The number of carbonyl (C=O) groups is 1. The van der Waals surface area contributed by atoms with Crippen molar-refractivity contribution in [2.75, 3.05) is 31.6 Å². The van der Waals surface area contributed by atoms with E-state index in [0.29, 0.717) is 25.5 Å². The number of pyridine rings is 1. The number of anilines is 1. The Morgan fingerprint density at radius 3 is 2.83 bits per heavy atom. The van der Waals surface area contributed by atoms with E-state index < -0.39 is 0 Å². The Bertz CT molecular complexity index is 352. The third kappa shape index (κ3) is 5.14. The number of rotatable bonds is 8. The summed E-state index contributed by atoms with van der Waals surface area (Å²) in [4.78, 5) is 15.8. The second kappa shape index (κ2) is 8.47. The van der Waals surface area contributed by atoms with Crippen LogP contribution in [0.1, 0.15) is 30.8 Å². The van der Waals surface area contributed by atoms with Gasteiger partial charge in [-0.15, -0.1) is 0 Å². The van der Waals surface area contributed by atoms with Crippen LogP contribution < -0.4 is 10.6 Å². The molecule has 2 N–H and O–H groups in total. The maximum atomic E-state index is 11.7. The molecule has 0 unspecified atom stereocenters. The van der Waals surface area contributed by atoms with Crippen LogP contribution in [-0.2, 0) is 4.74 Å². The maximum Gasteiger partial charge on any atom is 0.269 e. The zero-order chi connectivity index (χ0) is 13.2. The van der Waals surface area contributed by atoms with Crippen LogP contribution in [-0.4, -0.2) is 37.2 Å². The molecule has 5 nitrogen and oxygen atoms in total. The van der Waals surface area contributed by atoms with Gasteiger partial charge in [0.1, 0.15) is 5.69 Å². The normalized spacial score (nSPS) is 10.1. The van der Waals surface area contributed by atoms with Crippen LogP contribution in [0, 0.1) is 0 Å². The fourth-order valence-corrected chi connectivity index (χ4v) is 1.45. The average molecular weight is 251 g/mol. The van der Waals surface area contributed by atoms with Gasteiger partial charge in [0.25, 0.3) is 5.91 Å². The van der Waals surface area contributed by atoms with Crippen molar-refractivity contribution in [2.45, 2.75) is 20.3 Å². The van der Waals surface area contributed by atoms with E-state index in [0.717, 1.165) is 18.7 Å². The van der Waals surface area contributed by atoms with E-state index in [-0.39, 0.29) is 5.91 Å². The lowest BCUT2D eigenvalue weighted by Crippen LogP contribution is -2.26. The van der Waals surface area contributed by atoms with Crippen LogP contribution in [0.4, 0.5) is 5.69 Å². The monoisotopic (exact) mass is 251 g/mol. The smallest absolute Gasteiger partial charge is 0.269 e. The molecule has 0 aliphatic carbocycles. The van der Waals surface area contributed by atoms with Crippen molar-refractivity contribution in [1.29, 1.82) is 0 Å². The first-order chi connectivity index (χ1) is 8.77. The first kappa shape index (κ1) is 14.4. The summed E-state index contributed by atoms with van der Waals surface area (Å²) in [6.45, 7) is 6.79. The van der Waals surface area contributed by atoms with Gasteiger partial charge in [-0.25, -0.2) is 4.98 Å². The summed E-state index contributed by atoms with van der Waals surface area (Å²) in [6, 6.07) is 3.57. The van der Waals surface area contributed by atoms with Crippen LogP contribution in [0.2, 0.25) is 0 Å². The Kier molecular flexibility index (Phi) is 6.79. The van der Waals surface area contributed by atoms with Crippen molar-refractivity contribution in [3.8, 4) is 0 Å². The lowest BCUT2D eigenvalue weighted by molar-refractivity contribution is 0.0939. The van der Waals surface area contributed by atoms with Crippen molar-refractivity contribution in [3.63, 3.8) is 0 Å². The number of nitrogens with zero attached hydrogens (tertiary/aromatic N) is 1. The molecule has 5 heteroatoms. The lowest BCUT2D eigenvalue weighted by Gasteiger charge is -2.06. The number of aromatic nitrogens is 1. The molecule has 1 heterocycles. The molecule has 0 saturated carbocycles. The van der Waals surface area contributed by atoms with E-state index in [1.54, 1.807) is 12.3 Å². The third-order valence-corrected chi connectivity index (χ3v) is 2.33. The van der Waals surface area contributed by atoms with Crippen molar-refractivity contribution >= 4 is 11.6 Å². The molecule has 0 fully saturated rings. The van der Waals surface area contributed by atoms with Crippen LogP contribution in [0.25, 0.3) is 0 Å². The Morgan fingerprint density at radius 2 is 2.22 bits per heavy atom. The first-order valence-electron chi connectivity index (χ1n) is 6.33. The number of hydrogen-bond acceptors (Lipinski definition) is 4. The van der Waals surface area contributed by atoms with E-state index in [9.17, 15) is 4.79 Å². The summed E-state index contributed by atoms with van der Waals surface area (Å²) in [6.07, 6.45) is 2.48. The Balaban J connectivity index is 2.32. The van der Waals surface area contributed by atoms with Crippen LogP contribution >= 0.6 is 0 Å². The van der Waals surface area contributed by atoms with E-state index >= 15 is 0 Å². The number of ether oxygens (including phenoxy) is 1. The van der Waals surface area contributed by atoms with Crippen molar-refractivity contribution in [2.24, 2.45) is 0 Å². The van der Waals surface area contributed by atoms with Crippen LogP contribution in [0.5, 0.6) is 0 Å². The minimum Gasteiger partial charge on any atom is -0.384 e. The van der Waals surface area contributed by atoms with Gasteiger partial charge >= 0.3 is 0 Å². The van der Waals surface area contributed by atoms with Gasteiger partial charge in [-0.05, 0) is 32.4 Å². The largest absolute Gasteiger partial charge is 0.384 e. The highest BCUT2D eigenvalue weighted by Crippen LogP contribution is 2.05. The van der Waals surface area contributed by atoms with Gasteiger partial charge < -0.3 is 15.4 Å². The molecule has 1 rings (SSSR count). The summed E-state index contributed by atoms with van der Waals surface area (Å²) in [5.41, 5.74) is 1.36. The van der Waals surface area contributed by atoms with Gasteiger partial charge in [0, 0.05) is 26.3 Å². The Hall–Kier alpha value is -1.62. The zero-order valence-electron chi connectivity index (χ0n) is 11.0. The molecule has 0 spiro atoms. The van der Waals surface area contributed by atoms with Gasteiger partial charge in [0.05, 0.1) is 11.9 Å². The SMILES string of the molecule is CCNc1ccc(C(=O)NCCCOCC)nc1. The molecule has 0 aliphatic rings. The molecule has 0 radical (unpaired) electrons.